The maximum Gasteiger partial charge on any atom is 0.258 e. The topological polar surface area (TPSA) is 126 Å². The van der Waals surface area contributed by atoms with E-state index in [4.69, 9.17) is 28.4 Å². The number of benzene rings is 2. The van der Waals surface area contributed by atoms with Gasteiger partial charge in [-0.25, -0.2) is 4.99 Å². The molecule has 182 valence electrons. The fourth-order valence-corrected chi connectivity index (χ4v) is 3.61. The van der Waals surface area contributed by atoms with E-state index in [-0.39, 0.29) is 23.9 Å². The molecule has 1 aliphatic heterocycles. The van der Waals surface area contributed by atoms with Gasteiger partial charge >= 0.3 is 0 Å². The zero-order valence-corrected chi connectivity index (χ0v) is 19.8. The summed E-state index contributed by atoms with van der Waals surface area (Å²) in [5, 5.41) is 5.20. The van der Waals surface area contributed by atoms with Crippen molar-refractivity contribution in [3.8, 4) is 34.5 Å². The minimum Gasteiger partial charge on any atom is -0.493 e. The third-order valence-corrected chi connectivity index (χ3v) is 5.17. The van der Waals surface area contributed by atoms with Crippen LogP contribution in [0.1, 0.15) is 28.4 Å². The molecule has 0 fully saturated rings. The average Bonchev–Trinajstić information content (AvgIpc) is 2.85. The highest BCUT2D eigenvalue weighted by Gasteiger charge is 2.29. The Morgan fingerprint density at radius 2 is 1.44 bits per heavy atom. The van der Waals surface area contributed by atoms with Crippen LogP contribution in [0, 0.1) is 0 Å². The van der Waals surface area contributed by atoms with Crippen molar-refractivity contribution in [2.45, 2.75) is 12.5 Å². The lowest BCUT2D eigenvalue weighted by Crippen LogP contribution is -2.47. The molecule has 1 aliphatic rings. The van der Waals surface area contributed by atoms with E-state index < -0.39 is 11.9 Å². The van der Waals surface area contributed by atoms with Gasteiger partial charge in [0, 0.05) is 11.1 Å². The van der Waals surface area contributed by atoms with Gasteiger partial charge in [0.15, 0.2) is 23.0 Å². The van der Waals surface area contributed by atoms with Crippen LogP contribution in [0.4, 0.5) is 0 Å². The van der Waals surface area contributed by atoms with Crippen LogP contribution < -0.4 is 39.1 Å². The minimum atomic E-state index is -0.626. The standard InChI is InChI=1S/C23H27N3O8/c1-29-15-8-7-13(19(32-4)21(15)34-6)14-11-18(27)25-23(24-14)26-22(28)12-9-16(30-2)20(33-5)17(10-12)31-3/h7-10,14H,11H2,1-6H3,(H2,24,25,26,27,28)/t14-/m1/s1. The number of rotatable bonds is 8. The van der Waals surface area contributed by atoms with E-state index >= 15 is 0 Å². The molecule has 0 radical (unpaired) electrons. The molecule has 2 amide bonds. The molecule has 1 atom stereocenters. The van der Waals surface area contributed by atoms with E-state index in [2.05, 4.69) is 15.6 Å². The second kappa shape index (κ2) is 10.6. The smallest absolute Gasteiger partial charge is 0.258 e. The Labute approximate surface area is 196 Å². The number of ether oxygens (including phenoxy) is 6. The fourth-order valence-electron chi connectivity index (χ4n) is 3.61. The van der Waals surface area contributed by atoms with Crippen LogP contribution in [0.15, 0.2) is 29.3 Å². The molecule has 2 aromatic rings. The number of hydrogen-bond acceptors (Lipinski definition) is 9. The highest BCUT2D eigenvalue weighted by atomic mass is 16.5. The normalized spacial score (nSPS) is 14.9. The van der Waals surface area contributed by atoms with Gasteiger partial charge < -0.3 is 28.4 Å². The van der Waals surface area contributed by atoms with Gasteiger partial charge in [0.25, 0.3) is 5.91 Å². The summed E-state index contributed by atoms with van der Waals surface area (Å²) in [7, 11) is 8.86. The Bertz CT molecular complexity index is 1090. The zero-order chi connectivity index (χ0) is 24.8. The highest BCUT2D eigenvalue weighted by Crippen LogP contribution is 2.44. The predicted octanol–water partition coefficient (Wildman–Crippen LogP) is 2.09. The molecular formula is C23H27N3O8. The molecule has 34 heavy (non-hydrogen) atoms. The predicted molar refractivity (Wildman–Crippen MR) is 123 cm³/mol. The molecule has 0 aromatic heterocycles. The first kappa shape index (κ1) is 24.5. The van der Waals surface area contributed by atoms with Gasteiger partial charge in [-0.3, -0.25) is 20.2 Å². The molecule has 0 aliphatic carbocycles. The molecule has 11 heteroatoms. The third kappa shape index (κ3) is 4.77. The number of hydrogen-bond donors (Lipinski definition) is 2. The number of aliphatic imine (C=N–C) groups is 1. The first-order valence-corrected chi connectivity index (χ1v) is 10.2. The summed E-state index contributed by atoms with van der Waals surface area (Å²) < 4.78 is 32.1. The molecule has 2 aromatic carbocycles. The summed E-state index contributed by atoms with van der Waals surface area (Å²) in [6.07, 6.45) is 0.0510. The van der Waals surface area contributed by atoms with Crippen LogP contribution in [0.5, 0.6) is 34.5 Å². The first-order chi connectivity index (χ1) is 16.4. The number of carbonyl (C=O) groups is 2. The highest BCUT2D eigenvalue weighted by molar-refractivity contribution is 6.11. The van der Waals surface area contributed by atoms with Crippen LogP contribution >= 0.6 is 0 Å². The van der Waals surface area contributed by atoms with Gasteiger partial charge in [0.05, 0.1) is 55.1 Å². The van der Waals surface area contributed by atoms with Gasteiger partial charge in [0.1, 0.15) is 0 Å². The second-order valence-corrected chi connectivity index (χ2v) is 7.04. The molecule has 0 saturated carbocycles. The number of methoxy groups -OCH3 is 6. The van der Waals surface area contributed by atoms with Crippen molar-refractivity contribution in [2.24, 2.45) is 4.99 Å². The van der Waals surface area contributed by atoms with Gasteiger partial charge in [-0.05, 0) is 24.3 Å². The molecule has 0 unspecified atom stereocenters. The van der Waals surface area contributed by atoms with Crippen molar-refractivity contribution in [3.63, 3.8) is 0 Å². The van der Waals surface area contributed by atoms with E-state index in [1.807, 2.05) is 0 Å². The Kier molecular flexibility index (Phi) is 7.67. The summed E-state index contributed by atoms with van der Waals surface area (Å²) in [4.78, 5) is 29.9. The van der Waals surface area contributed by atoms with Crippen molar-refractivity contribution < 1.29 is 38.0 Å². The van der Waals surface area contributed by atoms with Crippen molar-refractivity contribution in [1.82, 2.24) is 10.6 Å². The SMILES string of the molecule is COc1cc(C(=O)NC2=N[C@@H](c3ccc(OC)c(OC)c3OC)CC(=O)N2)cc(OC)c1OC. The average molecular weight is 473 g/mol. The second-order valence-electron chi connectivity index (χ2n) is 7.04. The number of nitrogens with zero attached hydrogens (tertiary/aromatic N) is 1. The van der Waals surface area contributed by atoms with E-state index in [1.54, 1.807) is 12.1 Å². The Morgan fingerprint density at radius 1 is 0.853 bits per heavy atom. The van der Waals surface area contributed by atoms with E-state index in [0.717, 1.165) is 0 Å². The van der Waals surface area contributed by atoms with E-state index in [1.165, 1.54) is 54.8 Å². The minimum absolute atomic E-state index is 0.00293. The summed E-state index contributed by atoms with van der Waals surface area (Å²) in [5.41, 5.74) is 0.826. The zero-order valence-electron chi connectivity index (χ0n) is 19.8. The molecule has 11 nitrogen and oxygen atoms in total. The van der Waals surface area contributed by atoms with E-state index in [0.29, 0.717) is 40.1 Å². The third-order valence-electron chi connectivity index (χ3n) is 5.17. The summed E-state index contributed by atoms with van der Waals surface area (Å²) >= 11 is 0. The van der Waals surface area contributed by atoms with Crippen molar-refractivity contribution in [1.29, 1.82) is 0 Å². The number of nitrogens with one attached hydrogen (secondary N) is 2. The van der Waals surface area contributed by atoms with Crippen molar-refractivity contribution in [3.05, 3.63) is 35.4 Å². The van der Waals surface area contributed by atoms with Gasteiger partial charge in [-0.1, -0.05) is 0 Å². The molecule has 1 heterocycles. The molecular weight excluding hydrogens is 446 g/mol. The lowest BCUT2D eigenvalue weighted by Gasteiger charge is -2.24. The Balaban J connectivity index is 1.94. The van der Waals surface area contributed by atoms with Gasteiger partial charge in [0.2, 0.25) is 23.4 Å². The largest absolute Gasteiger partial charge is 0.493 e. The van der Waals surface area contributed by atoms with Crippen molar-refractivity contribution in [2.75, 3.05) is 42.7 Å². The summed E-state index contributed by atoms with van der Waals surface area (Å²) in [6.45, 7) is 0. The monoisotopic (exact) mass is 473 g/mol. The lowest BCUT2D eigenvalue weighted by atomic mass is 10.0. The number of carbonyl (C=O) groups excluding carboxylic acids is 2. The maximum atomic E-state index is 12.9. The Hall–Kier alpha value is -4.15. The number of guanidine groups is 1. The van der Waals surface area contributed by atoms with Crippen LogP contribution in [-0.4, -0.2) is 60.4 Å². The van der Waals surface area contributed by atoms with Crippen LogP contribution in [0.25, 0.3) is 0 Å². The molecule has 2 N–H and O–H groups in total. The molecule has 0 spiro atoms. The van der Waals surface area contributed by atoms with E-state index in [9.17, 15) is 9.59 Å². The number of amides is 2. The maximum absolute atomic E-state index is 12.9. The van der Waals surface area contributed by atoms with Gasteiger partial charge in [-0.2, -0.15) is 0 Å². The van der Waals surface area contributed by atoms with Crippen molar-refractivity contribution >= 4 is 17.8 Å². The molecule has 3 rings (SSSR count). The van der Waals surface area contributed by atoms with Crippen LogP contribution in [0.3, 0.4) is 0 Å². The van der Waals surface area contributed by atoms with Crippen LogP contribution in [0.2, 0.25) is 0 Å². The Morgan fingerprint density at radius 3 is 1.97 bits per heavy atom. The lowest BCUT2D eigenvalue weighted by molar-refractivity contribution is -0.120. The van der Waals surface area contributed by atoms with Crippen LogP contribution in [-0.2, 0) is 4.79 Å². The quantitative estimate of drug-likeness (QED) is 0.597. The summed E-state index contributed by atoms with van der Waals surface area (Å²) in [5.74, 6) is 1.37. The fraction of sp³-hybridized carbons (Fsp3) is 0.348. The first-order valence-electron chi connectivity index (χ1n) is 10.2. The molecule has 0 bridgehead atoms. The summed E-state index contributed by atoms with van der Waals surface area (Å²) in [6, 6.07) is 5.81. The molecule has 0 saturated heterocycles. The van der Waals surface area contributed by atoms with Gasteiger partial charge in [-0.15, -0.1) is 0 Å².